The molecule has 15 heavy (non-hydrogen) atoms. The van der Waals surface area contributed by atoms with Crippen LogP contribution in [0, 0.1) is 11.8 Å². The summed E-state index contributed by atoms with van der Waals surface area (Å²) in [5.74, 6) is 1.19. The summed E-state index contributed by atoms with van der Waals surface area (Å²) in [6, 6.07) is 0. The highest BCUT2D eigenvalue weighted by atomic mass is 16.7. The van der Waals surface area contributed by atoms with E-state index in [0.717, 1.165) is 24.7 Å². The molecule has 3 nitrogen and oxygen atoms in total. The standard InChI is InChI=1S/C12H23NO2/c1-9(2)10-4-3-5-12(6-10)14-8-11(7-13)15-12/h9-11H,3-8,13H2,1-2H3. The van der Waals surface area contributed by atoms with Crippen molar-refractivity contribution >= 4 is 0 Å². The Bertz CT molecular complexity index is 220. The second-order valence-electron chi connectivity index (χ2n) is 5.30. The zero-order valence-corrected chi connectivity index (χ0v) is 9.87. The largest absolute Gasteiger partial charge is 0.347 e. The van der Waals surface area contributed by atoms with Gasteiger partial charge in [-0.15, -0.1) is 0 Å². The molecule has 2 aliphatic rings. The van der Waals surface area contributed by atoms with Crippen molar-refractivity contribution in [1.82, 2.24) is 0 Å². The van der Waals surface area contributed by atoms with Crippen LogP contribution in [-0.2, 0) is 9.47 Å². The molecule has 0 aromatic heterocycles. The van der Waals surface area contributed by atoms with Crippen molar-refractivity contribution in [3.63, 3.8) is 0 Å². The van der Waals surface area contributed by atoms with Crippen LogP contribution >= 0.6 is 0 Å². The summed E-state index contributed by atoms with van der Waals surface area (Å²) in [5.41, 5.74) is 5.61. The fourth-order valence-electron chi connectivity index (χ4n) is 2.78. The van der Waals surface area contributed by atoms with Crippen LogP contribution in [0.4, 0.5) is 0 Å². The Morgan fingerprint density at radius 1 is 1.47 bits per heavy atom. The SMILES string of the molecule is CC(C)C1CCCC2(C1)OCC(CN)O2. The molecule has 1 saturated heterocycles. The smallest absolute Gasteiger partial charge is 0.169 e. The molecule has 0 aromatic rings. The summed E-state index contributed by atoms with van der Waals surface area (Å²) < 4.78 is 11.8. The first-order valence-corrected chi connectivity index (χ1v) is 6.17. The average molecular weight is 213 g/mol. The van der Waals surface area contributed by atoms with Gasteiger partial charge in [0.2, 0.25) is 0 Å². The van der Waals surface area contributed by atoms with Gasteiger partial charge in [0, 0.05) is 19.4 Å². The molecule has 1 aliphatic carbocycles. The number of hydrogen-bond acceptors (Lipinski definition) is 3. The van der Waals surface area contributed by atoms with Gasteiger partial charge >= 0.3 is 0 Å². The monoisotopic (exact) mass is 213 g/mol. The van der Waals surface area contributed by atoms with Gasteiger partial charge in [-0.25, -0.2) is 0 Å². The van der Waals surface area contributed by atoms with Crippen LogP contribution < -0.4 is 5.73 Å². The molecule has 1 heterocycles. The molecular formula is C12H23NO2. The molecule has 0 amide bonds. The Balaban J connectivity index is 1.97. The van der Waals surface area contributed by atoms with E-state index >= 15 is 0 Å². The highest BCUT2D eigenvalue weighted by Crippen LogP contribution is 2.42. The molecule has 2 rings (SSSR count). The van der Waals surface area contributed by atoms with Crippen molar-refractivity contribution in [2.45, 2.75) is 51.4 Å². The maximum Gasteiger partial charge on any atom is 0.169 e. The fraction of sp³-hybridized carbons (Fsp3) is 1.00. The van der Waals surface area contributed by atoms with Crippen LogP contribution in [-0.4, -0.2) is 25.0 Å². The second kappa shape index (κ2) is 4.40. The van der Waals surface area contributed by atoms with Gasteiger partial charge in [0.1, 0.15) is 0 Å². The molecule has 1 aliphatic heterocycles. The maximum atomic E-state index is 5.97. The van der Waals surface area contributed by atoms with Crippen LogP contribution in [0.1, 0.15) is 39.5 Å². The highest BCUT2D eigenvalue weighted by molar-refractivity contribution is 4.87. The van der Waals surface area contributed by atoms with Crippen LogP contribution in [0.25, 0.3) is 0 Å². The summed E-state index contributed by atoms with van der Waals surface area (Å²) in [6.07, 6.45) is 4.77. The lowest BCUT2D eigenvalue weighted by Gasteiger charge is -2.38. The van der Waals surface area contributed by atoms with Gasteiger partial charge in [-0.05, 0) is 24.7 Å². The van der Waals surface area contributed by atoms with Crippen LogP contribution in [0.15, 0.2) is 0 Å². The third kappa shape index (κ3) is 2.35. The summed E-state index contributed by atoms with van der Waals surface area (Å²) >= 11 is 0. The Kier molecular flexibility index (Phi) is 3.33. The molecule has 0 aromatic carbocycles. The molecule has 2 N–H and O–H groups in total. The van der Waals surface area contributed by atoms with E-state index in [1.807, 2.05) is 0 Å². The Morgan fingerprint density at radius 3 is 2.87 bits per heavy atom. The minimum absolute atomic E-state index is 0.121. The first kappa shape index (κ1) is 11.4. The lowest BCUT2D eigenvalue weighted by molar-refractivity contribution is -0.198. The predicted octanol–water partition coefficient (Wildman–Crippen LogP) is 1.90. The van der Waals surface area contributed by atoms with E-state index in [9.17, 15) is 0 Å². The van der Waals surface area contributed by atoms with Gasteiger partial charge in [-0.3, -0.25) is 0 Å². The minimum atomic E-state index is -0.281. The average Bonchev–Trinajstić information content (AvgIpc) is 2.61. The fourth-order valence-corrected chi connectivity index (χ4v) is 2.78. The normalized spacial score (nSPS) is 41.6. The van der Waals surface area contributed by atoms with Gasteiger partial charge in [-0.2, -0.15) is 0 Å². The Morgan fingerprint density at radius 2 is 2.27 bits per heavy atom. The van der Waals surface area contributed by atoms with Crippen molar-refractivity contribution < 1.29 is 9.47 Å². The Hall–Kier alpha value is -0.120. The van der Waals surface area contributed by atoms with Gasteiger partial charge in [-0.1, -0.05) is 13.8 Å². The van der Waals surface area contributed by atoms with Crippen LogP contribution in [0.2, 0.25) is 0 Å². The number of ether oxygens (including phenoxy) is 2. The highest BCUT2D eigenvalue weighted by Gasteiger charge is 2.45. The lowest BCUT2D eigenvalue weighted by Crippen LogP contribution is -2.39. The molecule has 3 atom stereocenters. The first-order chi connectivity index (χ1) is 7.15. The molecule has 1 spiro atoms. The van der Waals surface area contributed by atoms with E-state index in [2.05, 4.69) is 13.8 Å². The predicted molar refractivity (Wildman–Crippen MR) is 59.4 cm³/mol. The molecule has 1 saturated carbocycles. The van der Waals surface area contributed by atoms with E-state index in [1.165, 1.54) is 12.8 Å². The molecule has 88 valence electrons. The zero-order valence-electron chi connectivity index (χ0n) is 9.87. The molecule has 3 heteroatoms. The molecule has 2 fully saturated rings. The van der Waals surface area contributed by atoms with Gasteiger partial charge in [0.25, 0.3) is 0 Å². The number of rotatable bonds is 2. The lowest BCUT2D eigenvalue weighted by atomic mass is 9.78. The van der Waals surface area contributed by atoms with Crippen molar-refractivity contribution in [2.75, 3.05) is 13.2 Å². The van der Waals surface area contributed by atoms with Crippen LogP contribution in [0.5, 0.6) is 0 Å². The Labute approximate surface area is 92.3 Å². The molecular weight excluding hydrogens is 190 g/mol. The maximum absolute atomic E-state index is 5.97. The van der Waals surface area contributed by atoms with Gasteiger partial charge < -0.3 is 15.2 Å². The molecule has 0 radical (unpaired) electrons. The van der Waals surface area contributed by atoms with Crippen molar-refractivity contribution in [3.8, 4) is 0 Å². The van der Waals surface area contributed by atoms with Gasteiger partial charge in [0.05, 0.1) is 12.7 Å². The van der Waals surface area contributed by atoms with Gasteiger partial charge in [0.15, 0.2) is 5.79 Å². The summed E-state index contributed by atoms with van der Waals surface area (Å²) in [6.45, 7) is 5.84. The molecule has 0 bridgehead atoms. The van der Waals surface area contributed by atoms with E-state index in [0.29, 0.717) is 13.2 Å². The van der Waals surface area contributed by atoms with Crippen LogP contribution in [0.3, 0.4) is 0 Å². The van der Waals surface area contributed by atoms with E-state index in [-0.39, 0.29) is 11.9 Å². The van der Waals surface area contributed by atoms with Crippen molar-refractivity contribution in [2.24, 2.45) is 17.6 Å². The minimum Gasteiger partial charge on any atom is -0.347 e. The third-order valence-electron chi connectivity index (χ3n) is 3.83. The zero-order chi connectivity index (χ0) is 10.9. The molecule has 3 unspecified atom stereocenters. The van der Waals surface area contributed by atoms with E-state index in [4.69, 9.17) is 15.2 Å². The summed E-state index contributed by atoms with van der Waals surface area (Å²) in [7, 11) is 0. The van der Waals surface area contributed by atoms with Crippen molar-refractivity contribution in [3.05, 3.63) is 0 Å². The van der Waals surface area contributed by atoms with Crippen molar-refractivity contribution in [1.29, 1.82) is 0 Å². The number of nitrogens with two attached hydrogens (primary N) is 1. The second-order valence-corrected chi connectivity index (χ2v) is 5.30. The number of hydrogen-bond donors (Lipinski definition) is 1. The topological polar surface area (TPSA) is 44.5 Å². The van der Waals surface area contributed by atoms with E-state index in [1.54, 1.807) is 0 Å². The van der Waals surface area contributed by atoms with E-state index < -0.39 is 0 Å². The summed E-state index contributed by atoms with van der Waals surface area (Å²) in [4.78, 5) is 0. The first-order valence-electron chi connectivity index (χ1n) is 6.17. The third-order valence-corrected chi connectivity index (χ3v) is 3.83. The summed E-state index contributed by atoms with van der Waals surface area (Å²) in [5, 5.41) is 0. The quantitative estimate of drug-likeness (QED) is 0.762.